The van der Waals surface area contributed by atoms with E-state index in [9.17, 15) is 17.6 Å². The molecule has 1 aliphatic heterocycles. The Bertz CT molecular complexity index is 652. The first-order chi connectivity index (χ1) is 10.4. The number of piperidine rings is 1. The number of nitrogens with one attached hydrogen (secondary N) is 1. The van der Waals surface area contributed by atoms with E-state index in [1.165, 1.54) is 18.3 Å². The van der Waals surface area contributed by atoms with Gasteiger partial charge in [-0.2, -0.15) is 13.2 Å². The van der Waals surface area contributed by atoms with E-state index in [0.29, 0.717) is 19.5 Å². The van der Waals surface area contributed by atoms with Crippen molar-refractivity contribution in [1.29, 1.82) is 0 Å². The highest BCUT2D eigenvalue weighted by atomic mass is 19.4. The average Bonchev–Trinajstić information content (AvgIpc) is 2.98. The fourth-order valence-electron chi connectivity index (χ4n) is 2.69. The van der Waals surface area contributed by atoms with Crippen LogP contribution in [0.25, 0.3) is 0 Å². The zero-order chi connectivity index (χ0) is 15.7. The Kier molecular flexibility index (Phi) is 3.76. The number of hydrogen-bond donors (Lipinski definition) is 1. The van der Waals surface area contributed by atoms with Crippen LogP contribution in [-0.4, -0.2) is 28.0 Å². The van der Waals surface area contributed by atoms with Gasteiger partial charge in [0.1, 0.15) is 11.5 Å². The molecule has 0 bridgehead atoms. The Hall–Kier alpha value is -2.12. The van der Waals surface area contributed by atoms with Crippen LogP contribution in [0.5, 0.6) is 0 Å². The summed E-state index contributed by atoms with van der Waals surface area (Å²) < 4.78 is 51.7. The van der Waals surface area contributed by atoms with E-state index in [4.69, 9.17) is 0 Å². The summed E-state index contributed by atoms with van der Waals surface area (Å²) in [5, 5.41) is 0. The number of halogens is 4. The number of pyridine rings is 1. The van der Waals surface area contributed by atoms with Crippen molar-refractivity contribution in [3.8, 4) is 0 Å². The summed E-state index contributed by atoms with van der Waals surface area (Å²) in [4.78, 5) is 11.9. The summed E-state index contributed by atoms with van der Waals surface area (Å²) in [6, 6.07) is 2.82. The average molecular weight is 314 g/mol. The van der Waals surface area contributed by atoms with Gasteiger partial charge in [0.2, 0.25) is 0 Å². The maximum absolute atomic E-state index is 13.8. The number of nitrogens with zero attached hydrogens (tertiary/aromatic N) is 3. The normalized spacial score (nSPS) is 19.5. The summed E-state index contributed by atoms with van der Waals surface area (Å²) >= 11 is 0. The maximum atomic E-state index is 13.8. The number of imidazole rings is 1. The van der Waals surface area contributed by atoms with Crippen molar-refractivity contribution in [2.45, 2.75) is 24.9 Å². The predicted molar refractivity (Wildman–Crippen MR) is 72.0 cm³/mol. The molecule has 2 aromatic rings. The number of rotatable bonds is 2. The number of anilines is 1. The molecule has 0 amide bonds. The van der Waals surface area contributed by atoms with E-state index < -0.39 is 17.7 Å². The van der Waals surface area contributed by atoms with Gasteiger partial charge in [-0.15, -0.1) is 0 Å². The Balaban J connectivity index is 1.79. The fourth-order valence-corrected chi connectivity index (χ4v) is 2.69. The van der Waals surface area contributed by atoms with Gasteiger partial charge in [0.05, 0.1) is 6.20 Å². The molecule has 0 spiro atoms. The van der Waals surface area contributed by atoms with Crippen molar-refractivity contribution < 1.29 is 17.6 Å². The SMILES string of the molecule is Fc1cccnc1N1CCC[C@H](c2ncc(C(F)(F)F)[nH]2)C1. The molecule has 0 radical (unpaired) electrons. The third-order valence-corrected chi connectivity index (χ3v) is 3.75. The Morgan fingerprint density at radius 2 is 2.09 bits per heavy atom. The lowest BCUT2D eigenvalue weighted by Gasteiger charge is -2.32. The molecule has 1 N–H and O–H groups in total. The van der Waals surface area contributed by atoms with Crippen LogP contribution in [0.15, 0.2) is 24.5 Å². The number of aromatic amines is 1. The van der Waals surface area contributed by atoms with Crippen LogP contribution >= 0.6 is 0 Å². The van der Waals surface area contributed by atoms with Crippen molar-refractivity contribution in [2.75, 3.05) is 18.0 Å². The molecule has 1 saturated heterocycles. The molecule has 1 fully saturated rings. The van der Waals surface area contributed by atoms with Gasteiger partial charge in [-0.25, -0.2) is 14.4 Å². The van der Waals surface area contributed by atoms with Crippen LogP contribution < -0.4 is 4.90 Å². The fraction of sp³-hybridized carbons (Fsp3) is 0.429. The molecule has 0 aliphatic carbocycles. The molecular formula is C14H14F4N4. The zero-order valence-corrected chi connectivity index (χ0v) is 11.6. The van der Waals surface area contributed by atoms with Crippen molar-refractivity contribution >= 4 is 5.82 Å². The summed E-state index contributed by atoms with van der Waals surface area (Å²) in [5.74, 6) is -0.118. The molecule has 118 valence electrons. The van der Waals surface area contributed by atoms with Crippen molar-refractivity contribution in [1.82, 2.24) is 15.0 Å². The molecule has 1 atom stereocenters. The van der Waals surface area contributed by atoms with Crippen LogP contribution in [0.3, 0.4) is 0 Å². The van der Waals surface area contributed by atoms with Crippen LogP contribution in [0, 0.1) is 5.82 Å². The van der Waals surface area contributed by atoms with E-state index in [-0.39, 0.29) is 17.6 Å². The summed E-state index contributed by atoms with van der Waals surface area (Å²) in [5.41, 5.74) is -0.858. The molecule has 2 aromatic heterocycles. The van der Waals surface area contributed by atoms with Crippen molar-refractivity contribution in [3.05, 3.63) is 41.9 Å². The Morgan fingerprint density at radius 1 is 1.27 bits per heavy atom. The number of aromatic nitrogens is 3. The van der Waals surface area contributed by atoms with E-state index in [0.717, 1.165) is 12.6 Å². The molecule has 0 saturated carbocycles. The van der Waals surface area contributed by atoms with Crippen LogP contribution in [-0.2, 0) is 6.18 Å². The molecule has 3 heterocycles. The minimum absolute atomic E-state index is 0.203. The number of hydrogen-bond acceptors (Lipinski definition) is 3. The van der Waals surface area contributed by atoms with Gasteiger partial charge < -0.3 is 9.88 Å². The molecule has 3 rings (SSSR count). The van der Waals surface area contributed by atoms with E-state index >= 15 is 0 Å². The molecule has 0 aromatic carbocycles. The molecule has 1 aliphatic rings. The molecule has 22 heavy (non-hydrogen) atoms. The molecular weight excluding hydrogens is 300 g/mol. The smallest absolute Gasteiger partial charge is 0.353 e. The second-order valence-corrected chi connectivity index (χ2v) is 5.27. The van der Waals surface area contributed by atoms with E-state index in [2.05, 4.69) is 15.0 Å². The minimum Gasteiger partial charge on any atom is -0.353 e. The summed E-state index contributed by atoms with van der Waals surface area (Å²) in [6.45, 7) is 1.01. The molecule has 4 nitrogen and oxygen atoms in total. The minimum atomic E-state index is -4.44. The van der Waals surface area contributed by atoms with Gasteiger partial charge in [-0.05, 0) is 25.0 Å². The van der Waals surface area contributed by atoms with Gasteiger partial charge in [0, 0.05) is 25.2 Å². The van der Waals surface area contributed by atoms with Gasteiger partial charge >= 0.3 is 6.18 Å². The second-order valence-electron chi connectivity index (χ2n) is 5.27. The molecule has 8 heteroatoms. The first-order valence-electron chi connectivity index (χ1n) is 6.92. The highest BCUT2D eigenvalue weighted by Gasteiger charge is 2.34. The van der Waals surface area contributed by atoms with Gasteiger partial charge in [-0.1, -0.05) is 0 Å². The first kappa shape index (κ1) is 14.8. The Morgan fingerprint density at radius 3 is 2.77 bits per heavy atom. The number of alkyl halides is 3. The lowest BCUT2D eigenvalue weighted by molar-refractivity contribution is -0.141. The molecule has 0 unspecified atom stereocenters. The predicted octanol–water partition coefficient (Wildman–Crippen LogP) is 3.35. The zero-order valence-electron chi connectivity index (χ0n) is 11.6. The highest BCUT2D eigenvalue weighted by molar-refractivity contribution is 5.40. The monoisotopic (exact) mass is 314 g/mol. The third-order valence-electron chi connectivity index (χ3n) is 3.75. The van der Waals surface area contributed by atoms with Gasteiger partial charge in [-0.3, -0.25) is 0 Å². The number of H-pyrrole nitrogens is 1. The van der Waals surface area contributed by atoms with Crippen LogP contribution in [0.2, 0.25) is 0 Å². The van der Waals surface area contributed by atoms with E-state index in [1.54, 1.807) is 4.90 Å². The topological polar surface area (TPSA) is 44.8 Å². The van der Waals surface area contributed by atoms with Crippen molar-refractivity contribution in [2.24, 2.45) is 0 Å². The maximum Gasteiger partial charge on any atom is 0.432 e. The van der Waals surface area contributed by atoms with Crippen LogP contribution in [0.4, 0.5) is 23.4 Å². The Labute approximate surface area is 124 Å². The van der Waals surface area contributed by atoms with Gasteiger partial charge in [0.25, 0.3) is 0 Å². The standard InChI is InChI=1S/C14H14F4N4/c15-10-4-1-5-19-13(10)22-6-2-3-9(8-22)12-20-7-11(21-12)14(16,17)18/h1,4-5,7,9H,2-3,6,8H2,(H,20,21)/t9-/m0/s1. The van der Waals surface area contributed by atoms with Gasteiger partial charge in [0.15, 0.2) is 11.6 Å². The largest absolute Gasteiger partial charge is 0.432 e. The summed E-state index contributed by atoms with van der Waals surface area (Å²) in [6.07, 6.45) is -0.697. The lowest BCUT2D eigenvalue weighted by atomic mass is 9.97. The lowest BCUT2D eigenvalue weighted by Crippen LogP contribution is -2.35. The summed E-state index contributed by atoms with van der Waals surface area (Å²) in [7, 11) is 0. The van der Waals surface area contributed by atoms with Crippen LogP contribution in [0.1, 0.15) is 30.3 Å². The first-order valence-corrected chi connectivity index (χ1v) is 6.92. The highest BCUT2D eigenvalue weighted by Crippen LogP contribution is 2.32. The third kappa shape index (κ3) is 2.90. The van der Waals surface area contributed by atoms with Crippen molar-refractivity contribution in [3.63, 3.8) is 0 Å². The second kappa shape index (κ2) is 5.58. The van der Waals surface area contributed by atoms with E-state index in [1.807, 2.05) is 0 Å². The quantitative estimate of drug-likeness (QED) is 0.865.